The van der Waals surface area contributed by atoms with Gasteiger partial charge in [-0.3, -0.25) is 14.3 Å². The fraction of sp³-hybridized carbons (Fsp3) is 0.240. The van der Waals surface area contributed by atoms with E-state index in [0.29, 0.717) is 24.1 Å². The highest BCUT2D eigenvalue weighted by atomic mass is 16.5. The van der Waals surface area contributed by atoms with Crippen LogP contribution in [0.1, 0.15) is 19.3 Å². The molecule has 170 valence electrons. The molecule has 1 aliphatic carbocycles. The number of ether oxygens (including phenoxy) is 1. The van der Waals surface area contributed by atoms with Gasteiger partial charge in [0.15, 0.2) is 5.65 Å². The number of aliphatic hydroxyl groups is 1. The Morgan fingerprint density at radius 2 is 2.06 bits per heavy atom. The summed E-state index contributed by atoms with van der Waals surface area (Å²) in [5.41, 5.74) is 2.39. The Kier molecular flexibility index (Phi) is 6.55. The average Bonchev–Trinajstić information content (AvgIpc) is 3.45. The fourth-order valence-electron chi connectivity index (χ4n) is 3.47. The first kappa shape index (κ1) is 22.3. The lowest BCUT2D eigenvalue weighted by molar-refractivity contribution is 0.117. The van der Waals surface area contributed by atoms with E-state index >= 15 is 0 Å². The maximum Gasteiger partial charge on any atom is 0.260 e. The summed E-state index contributed by atoms with van der Waals surface area (Å²) in [6, 6.07) is 11.4. The lowest BCUT2D eigenvalue weighted by atomic mass is 10.1. The second kappa shape index (κ2) is 9.70. The molecular weight excluding hydrogens is 418 g/mol. The SMILES string of the molecule is C=CNC.O=c1[nH]cnc2c1c(-c1ccc(OCCC3(O)CC3)cc1)cn2-c1cccnc1. The van der Waals surface area contributed by atoms with Crippen LogP contribution in [0.15, 0.2) is 78.9 Å². The zero-order chi connectivity index (χ0) is 23.3. The van der Waals surface area contributed by atoms with Crippen molar-refractivity contribution in [2.75, 3.05) is 13.7 Å². The molecule has 0 amide bonds. The van der Waals surface area contributed by atoms with Crippen LogP contribution in [-0.4, -0.2) is 43.9 Å². The smallest absolute Gasteiger partial charge is 0.260 e. The van der Waals surface area contributed by atoms with E-state index in [1.54, 1.807) is 18.6 Å². The van der Waals surface area contributed by atoms with E-state index in [4.69, 9.17) is 4.74 Å². The predicted molar refractivity (Wildman–Crippen MR) is 128 cm³/mol. The predicted octanol–water partition coefficient (Wildman–Crippen LogP) is 3.42. The third-order valence-corrected chi connectivity index (χ3v) is 5.55. The van der Waals surface area contributed by atoms with Gasteiger partial charge in [-0.1, -0.05) is 18.7 Å². The van der Waals surface area contributed by atoms with Gasteiger partial charge in [-0.15, -0.1) is 0 Å². The van der Waals surface area contributed by atoms with Gasteiger partial charge in [-0.2, -0.15) is 0 Å². The molecule has 0 aliphatic heterocycles. The number of benzene rings is 1. The van der Waals surface area contributed by atoms with Crippen molar-refractivity contribution in [2.45, 2.75) is 24.9 Å². The normalized spacial score (nSPS) is 13.6. The number of hydrogen-bond donors (Lipinski definition) is 3. The van der Waals surface area contributed by atoms with Gasteiger partial charge in [-0.05, 0) is 48.9 Å². The minimum absolute atomic E-state index is 0.189. The molecule has 4 aromatic rings. The van der Waals surface area contributed by atoms with Crippen molar-refractivity contribution in [1.82, 2.24) is 24.8 Å². The number of rotatable bonds is 7. The van der Waals surface area contributed by atoms with Crippen LogP contribution in [0, 0.1) is 0 Å². The van der Waals surface area contributed by atoms with Crippen molar-refractivity contribution in [3.05, 3.63) is 84.4 Å². The largest absolute Gasteiger partial charge is 0.493 e. The molecule has 0 radical (unpaired) electrons. The number of aromatic nitrogens is 4. The van der Waals surface area contributed by atoms with Crippen LogP contribution in [0.4, 0.5) is 0 Å². The number of pyridine rings is 1. The van der Waals surface area contributed by atoms with E-state index in [2.05, 4.69) is 26.8 Å². The number of H-pyrrole nitrogens is 1. The Balaban J connectivity index is 0.000000601. The summed E-state index contributed by atoms with van der Waals surface area (Å²) < 4.78 is 7.61. The summed E-state index contributed by atoms with van der Waals surface area (Å²) >= 11 is 0. The first-order valence-corrected chi connectivity index (χ1v) is 10.8. The van der Waals surface area contributed by atoms with Crippen LogP contribution in [0.3, 0.4) is 0 Å². The van der Waals surface area contributed by atoms with E-state index in [1.165, 1.54) is 6.33 Å². The van der Waals surface area contributed by atoms with Crippen molar-refractivity contribution in [3.63, 3.8) is 0 Å². The Morgan fingerprint density at radius 1 is 1.30 bits per heavy atom. The zero-order valence-corrected chi connectivity index (χ0v) is 18.5. The molecular formula is C25H27N5O3. The molecule has 8 heteroatoms. The number of hydrogen-bond acceptors (Lipinski definition) is 6. The first-order valence-electron chi connectivity index (χ1n) is 10.8. The second-order valence-corrected chi connectivity index (χ2v) is 7.89. The molecule has 3 aromatic heterocycles. The number of nitrogens with zero attached hydrogens (tertiary/aromatic N) is 3. The number of aromatic amines is 1. The molecule has 1 aliphatic rings. The zero-order valence-electron chi connectivity index (χ0n) is 18.5. The van der Waals surface area contributed by atoms with Gasteiger partial charge >= 0.3 is 0 Å². The van der Waals surface area contributed by atoms with Gasteiger partial charge in [-0.25, -0.2) is 4.98 Å². The fourth-order valence-corrected chi connectivity index (χ4v) is 3.47. The molecule has 8 nitrogen and oxygen atoms in total. The molecule has 3 heterocycles. The van der Waals surface area contributed by atoms with Crippen LogP contribution < -0.4 is 15.6 Å². The highest BCUT2D eigenvalue weighted by molar-refractivity contribution is 5.94. The molecule has 1 fully saturated rings. The standard InChI is InChI=1S/C22H20N4O3.C3H7N/c27-21-19-18(13-26(20(19)24-14-25-21)16-2-1-10-23-12-16)15-3-5-17(6-4-15)29-11-9-22(28)7-8-22;1-3-4-2/h1-6,10,12-14,28H,7-9,11H2,(H,24,25,27);3-4H,1H2,2H3. The Bertz CT molecular complexity index is 1280. The molecule has 0 saturated heterocycles. The molecule has 5 rings (SSSR count). The lowest BCUT2D eigenvalue weighted by Gasteiger charge is -2.10. The van der Waals surface area contributed by atoms with Gasteiger partial charge < -0.3 is 20.1 Å². The van der Waals surface area contributed by atoms with Crippen LogP contribution in [0.2, 0.25) is 0 Å². The number of nitrogens with one attached hydrogen (secondary N) is 2. The summed E-state index contributed by atoms with van der Waals surface area (Å²) in [5, 5.41) is 13.1. The third kappa shape index (κ3) is 5.12. The molecule has 33 heavy (non-hydrogen) atoms. The van der Waals surface area contributed by atoms with Crippen molar-refractivity contribution < 1.29 is 9.84 Å². The van der Waals surface area contributed by atoms with Crippen molar-refractivity contribution in [2.24, 2.45) is 0 Å². The summed E-state index contributed by atoms with van der Waals surface area (Å²) in [4.78, 5) is 23.8. The van der Waals surface area contributed by atoms with Crippen LogP contribution in [-0.2, 0) is 0 Å². The second-order valence-electron chi connectivity index (χ2n) is 7.89. The first-order chi connectivity index (χ1) is 16.0. The molecule has 0 bridgehead atoms. The molecule has 1 saturated carbocycles. The highest BCUT2D eigenvalue weighted by Crippen LogP contribution is 2.38. The van der Waals surface area contributed by atoms with Crippen LogP contribution in [0.25, 0.3) is 27.8 Å². The van der Waals surface area contributed by atoms with Crippen molar-refractivity contribution in [1.29, 1.82) is 0 Å². The van der Waals surface area contributed by atoms with E-state index in [0.717, 1.165) is 35.4 Å². The highest BCUT2D eigenvalue weighted by Gasteiger charge is 2.39. The Labute approximate surface area is 191 Å². The summed E-state index contributed by atoms with van der Waals surface area (Å²) in [5.74, 6) is 0.737. The van der Waals surface area contributed by atoms with Crippen LogP contribution in [0.5, 0.6) is 5.75 Å². The van der Waals surface area contributed by atoms with Gasteiger partial charge in [0.05, 0.1) is 35.8 Å². The summed E-state index contributed by atoms with van der Waals surface area (Å²) in [6.07, 6.45) is 10.7. The molecule has 0 atom stereocenters. The van der Waals surface area contributed by atoms with Crippen LogP contribution >= 0.6 is 0 Å². The number of fused-ring (bicyclic) bond motifs is 1. The van der Waals surface area contributed by atoms with E-state index < -0.39 is 5.60 Å². The monoisotopic (exact) mass is 445 g/mol. The molecule has 0 spiro atoms. The van der Waals surface area contributed by atoms with Gasteiger partial charge in [0, 0.05) is 31.4 Å². The topological polar surface area (TPSA) is 105 Å². The molecule has 1 aromatic carbocycles. The van der Waals surface area contributed by atoms with Gasteiger partial charge in [0.2, 0.25) is 0 Å². The lowest BCUT2D eigenvalue weighted by Crippen LogP contribution is -2.12. The summed E-state index contributed by atoms with van der Waals surface area (Å²) in [6.45, 7) is 3.85. The maximum absolute atomic E-state index is 12.6. The third-order valence-electron chi connectivity index (χ3n) is 5.55. The average molecular weight is 446 g/mol. The van der Waals surface area contributed by atoms with Crippen molar-refractivity contribution >= 4 is 11.0 Å². The van der Waals surface area contributed by atoms with Gasteiger partial charge in [0.25, 0.3) is 5.56 Å². The van der Waals surface area contributed by atoms with E-state index in [-0.39, 0.29) is 5.56 Å². The summed E-state index contributed by atoms with van der Waals surface area (Å²) in [7, 11) is 1.81. The van der Waals surface area contributed by atoms with E-state index in [9.17, 15) is 9.90 Å². The minimum Gasteiger partial charge on any atom is -0.493 e. The Morgan fingerprint density at radius 3 is 2.70 bits per heavy atom. The molecule has 3 N–H and O–H groups in total. The quantitative estimate of drug-likeness (QED) is 0.403. The van der Waals surface area contributed by atoms with Gasteiger partial charge in [0.1, 0.15) is 5.75 Å². The Hall–Kier alpha value is -3.91. The van der Waals surface area contributed by atoms with Crippen molar-refractivity contribution in [3.8, 4) is 22.6 Å². The minimum atomic E-state index is -0.512. The van der Waals surface area contributed by atoms with E-state index in [1.807, 2.05) is 54.2 Å². The maximum atomic E-state index is 12.6. The molecule has 0 unspecified atom stereocenters.